The van der Waals surface area contributed by atoms with Crippen LogP contribution in [0.5, 0.6) is 0 Å². The summed E-state index contributed by atoms with van der Waals surface area (Å²) in [5.74, 6) is 0. The Morgan fingerprint density at radius 1 is 0.963 bits per heavy atom. The van der Waals surface area contributed by atoms with Crippen molar-refractivity contribution >= 4 is 17.9 Å². The van der Waals surface area contributed by atoms with Crippen LogP contribution in [0.15, 0.2) is 54.6 Å². The third-order valence-corrected chi connectivity index (χ3v) is 4.70. The minimum absolute atomic E-state index is 0.254. The molecule has 0 spiro atoms. The van der Waals surface area contributed by atoms with E-state index >= 15 is 0 Å². The summed E-state index contributed by atoms with van der Waals surface area (Å²) in [7, 11) is 0. The molecule has 1 saturated heterocycles. The number of carbonyl (C=O) groups excluding carboxylic acids is 2. The standard InChI is InChI=1S/C20H20N2O5/c1-2-25-19(23)22-15-16-13-10-6-7-11-14(13)17(26-16)18(15)27-20(24)21-12-8-4-3-5-9-12/h3-11,15-18H,2H2,1H3,(H,21,24)(H,22,23)/t15-,16+,17-,18+/m1/s1. The van der Waals surface area contributed by atoms with E-state index in [1.54, 1.807) is 19.1 Å². The van der Waals surface area contributed by atoms with Gasteiger partial charge in [-0.1, -0.05) is 42.5 Å². The summed E-state index contributed by atoms with van der Waals surface area (Å²) >= 11 is 0. The summed E-state index contributed by atoms with van der Waals surface area (Å²) in [5, 5.41) is 5.47. The number of para-hydroxylation sites is 1. The molecule has 2 amide bonds. The molecule has 0 saturated carbocycles. The summed E-state index contributed by atoms with van der Waals surface area (Å²) in [5.41, 5.74) is 2.59. The molecule has 27 heavy (non-hydrogen) atoms. The van der Waals surface area contributed by atoms with E-state index in [4.69, 9.17) is 14.2 Å². The Hall–Kier alpha value is -3.06. The van der Waals surface area contributed by atoms with Crippen LogP contribution in [0.3, 0.4) is 0 Å². The molecule has 4 atom stereocenters. The fourth-order valence-electron chi connectivity index (χ4n) is 3.62. The lowest BCUT2D eigenvalue weighted by molar-refractivity contribution is 0.0219. The van der Waals surface area contributed by atoms with E-state index in [1.807, 2.05) is 42.5 Å². The highest BCUT2D eigenvalue weighted by atomic mass is 16.6. The van der Waals surface area contributed by atoms with Crippen molar-refractivity contribution in [1.82, 2.24) is 5.32 Å². The molecule has 2 bridgehead atoms. The molecule has 0 radical (unpaired) electrons. The van der Waals surface area contributed by atoms with Crippen LogP contribution in [-0.4, -0.2) is 30.9 Å². The first-order chi connectivity index (χ1) is 13.2. The van der Waals surface area contributed by atoms with Crippen LogP contribution in [0.2, 0.25) is 0 Å². The van der Waals surface area contributed by atoms with Gasteiger partial charge < -0.3 is 19.5 Å². The molecular formula is C20H20N2O5. The maximum atomic E-state index is 12.4. The Bertz CT molecular complexity index is 841. The van der Waals surface area contributed by atoms with E-state index in [0.717, 1.165) is 11.1 Å². The third kappa shape index (κ3) is 3.33. The van der Waals surface area contributed by atoms with Gasteiger partial charge in [-0.15, -0.1) is 0 Å². The topological polar surface area (TPSA) is 85.9 Å². The predicted molar refractivity (Wildman–Crippen MR) is 97.3 cm³/mol. The molecule has 2 aliphatic heterocycles. The first kappa shape index (κ1) is 17.4. The highest BCUT2D eigenvalue weighted by Crippen LogP contribution is 2.51. The lowest BCUT2D eigenvalue weighted by atomic mass is 9.86. The van der Waals surface area contributed by atoms with Crippen LogP contribution in [0.25, 0.3) is 0 Å². The Kier molecular flexibility index (Phi) is 4.68. The van der Waals surface area contributed by atoms with Gasteiger partial charge >= 0.3 is 12.2 Å². The molecule has 2 aromatic carbocycles. The molecule has 2 aromatic rings. The highest BCUT2D eigenvalue weighted by Gasteiger charge is 2.55. The van der Waals surface area contributed by atoms with Crippen molar-refractivity contribution in [1.29, 1.82) is 0 Å². The number of carbonyl (C=O) groups is 2. The molecule has 1 fully saturated rings. The average Bonchev–Trinajstić information content (AvgIpc) is 3.20. The van der Waals surface area contributed by atoms with Crippen molar-refractivity contribution in [2.45, 2.75) is 31.3 Å². The molecule has 7 nitrogen and oxygen atoms in total. The van der Waals surface area contributed by atoms with Gasteiger partial charge in [-0.05, 0) is 30.2 Å². The number of ether oxygens (including phenoxy) is 3. The maximum absolute atomic E-state index is 12.4. The van der Waals surface area contributed by atoms with Gasteiger partial charge in [0.2, 0.25) is 0 Å². The number of hydrogen-bond donors (Lipinski definition) is 2. The average molecular weight is 368 g/mol. The van der Waals surface area contributed by atoms with Crippen molar-refractivity contribution in [2.24, 2.45) is 0 Å². The molecule has 2 aliphatic rings. The summed E-state index contributed by atoms with van der Waals surface area (Å²) in [6.45, 7) is 1.98. The van der Waals surface area contributed by atoms with Crippen LogP contribution in [0.1, 0.15) is 30.3 Å². The Morgan fingerprint density at radius 2 is 1.63 bits per heavy atom. The molecule has 140 valence electrons. The Labute approximate surface area is 156 Å². The van der Waals surface area contributed by atoms with Crippen LogP contribution < -0.4 is 10.6 Å². The van der Waals surface area contributed by atoms with E-state index in [9.17, 15) is 9.59 Å². The van der Waals surface area contributed by atoms with E-state index in [1.165, 1.54) is 0 Å². The monoisotopic (exact) mass is 368 g/mol. The van der Waals surface area contributed by atoms with E-state index in [2.05, 4.69) is 10.6 Å². The summed E-state index contributed by atoms with van der Waals surface area (Å²) in [6.07, 6.45) is -2.63. The number of fused-ring (bicyclic) bond motifs is 5. The quantitative estimate of drug-likeness (QED) is 0.862. The summed E-state index contributed by atoms with van der Waals surface area (Å²) < 4.78 is 16.7. The molecule has 2 heterocycles. The van der Waals surface area contributed by atoms with Gasteiger partial charge in [0.1, 0.15) is 18.2 Å². The number of anilines is 1. The lowest BCUT2D eigenvalue weighted by Gasteiger charge is -2.29. The van der Waals surface area contributed by atoms with Crippen LogP contribution in [0, 0.1) is 0 Å². The zero-order valence-corrected chi connectivity index (χ0v) is 14.8. The normalized spacial score (nSPS) is 24.8. The molecule has 0 unspecified atom stereocenters. The second-order valence-corrected chi connectivity index (χ2v) is 6.36. The molecule has 2 N–H and O–H groups in total. The van der Waals surface area contributed by atoms with Crippen molar-refractivity contribution in [3.8, 4) is 0 Å². The third-order valence-electron chi connectivity index (χ3n) is 4.70. The number of hydrogen-bond acceptors (Lipinski definition) is 5. The predicted octanol–water partition coefficient (Wildman–Crippen LogP) is 3.54. The van der Waals surface area contributed by atoms with Gasteiger partial charge in [-0.25, -0.2) is 9.59 Å². The largest absolute Gasteiger partial charge is 0.450 e. The number of alkyl carbamates (subject to hydrolysis) is 1. The van der Waals surface area contributed by atoms with Crippen LogP contribution >= 0.6 is 0 Å². The Balaban J connectivity index is 1.53. The van der Waals surface area contributed by atoms with Crippen LogP contribution in [-0.2, 0) is 14.2 Å². The number of amides is 2. The SMILES string of the molecule is CCOC(=O)N[C@H]1[C@H](OC(=O)Nc2ccccc2)[C@@H]2O[C@H]1c1ccccc12. The lowest BCUT2D eigenvalue weighted by Crippen LogP contribution is -2.48. The highest BCUT2D eigenvalue weighted by molar-refractivity contribution is 5.84. The van der Waals surface area contributed by atoms with Gasteiger partial charge in [-0.3, -0.25) is 5.32 Å². The van der Waals surface area contributed by atoms with Crippen molar-refractivity contribution in [2.75, 3.05) is 11.9 Å². The fraction of sp³-hybridized carbons (Fsp3) is 0.300. The van der Waals surface area contributed by atoms with E-state index < -0.39 is 30.4 Å². The first-order valence-electron chi connectivity index (χ1n) is 8.87. The summed E-state index contributed by atoms with van der Waals surface area (Å²) in [4.78, 5) is 24.3. The molecule has 7 heteroatoms. The van der Waals surface area contributed by atoms with E-state index in [-0.39, 0.29) is 12.7 Å². The van der Waals surface area contributed by atoms with Gasteiger partial charge in [0.25, 0.3) is 0 Å². The molecule has 0 aromatic heterocycles. The number of rotatable bonds is 4. The van der Waals surface area contributed by atoms with Crippen molar-refractivity contribution < 1.29 is 23.8 Å². The maximum Gasteiger partial charge on any atom is 0.412 e. The number of benzene rings is 2. The van der Waals surface area contributed by atoms with Gasteiger partial charge in [0, 0.05) is 5.69 Å². The van der Waals surface area contributed by atoms with Crippen molar-refractivity contribution in [3.63, 3.8) is 0 Å². The van der Waals surface area contributed by atoms with Crippen LogP contribution in [0.4, 0.5) is 15.3 Å². The first-order valence-corrected chi connectivity index (χ1v) is 8.87. The summed E-state index contributed by atoms with van der Waals surface area (Å²) in [6, 6.07) is 16.2. The minimum atomic E-state index is -0.655. The molecular weight excluding hydrogens is 348 g/mol. The van der Waals surface area contributed by atoms with Gasteiger partial charge in [0.15, 0.2) is 6.10 Å². The van der Waals surface area contributed by atoms with Gasteiger partial charge in [-0.2, -0.15) is 0 Å². The smallest absolute Gasteiger partial charge is 0.412 e. The Morgan fingerprint density at radius 3 is 2.33 bits per heavy atom. The number of nitrogens with one attached hydrogen (secondary N) is 2. The molecule has 0 aliphatic carbocycles. The zero-order chi connectivity index (χ0) is 18.8. The second kappa shape index (κ2) is 7.28. The van der Waals surface area contributed by atoms with Crippen molar-refractivity contribution in [3.05, 3.63) is 65.7 Å². The van der Waals surface area contributed by atoms with Gasteiger partial charge in [0.05, 0.1) is 6.61 Å². The molecule has 4 rings (SSSR count). The van der Waals surface area contributed by atoms with E-state index in [0.29, 0.717) is 5.69 Å². The minimum Gasteiger partial charge on any atom is -0.450 e. The second-order valence-electron chi connectivity index (χ2n) is 6.36. The zero-order valence-electron chi connectivity index (χ0n) is 14.8. The fourth-order valence-corrected chi connectivity index (χ4v) is 3.62.